The summed E-state index contributed by atoms with van der Waals surface area (Å²) in [5.74, 6) is -1.51. The summed E-state index contributed by atoms with van der Waals surface area (Å²) in [6.07, 6.45) is 2.29. The number of carbonyl (C=O) groups is 3. The van der Waals surface area contributed by atoms with Gasteiger partial charge < -0.3 is 25.4 Å². The summed E-state index contributed by atoms with van der Waals surface area (Å²) in [5.41, 5.74) is 4.45. The van der Waals surface area contributed by atoms with Crippen LogP contribution in [0.25, 0.3) is 11.1 Å². The van der Waals surface area contributed by atoms with Crippen molar-refractivity contribution in [2.45, 2.75) is 50.1 Å². The molecule has 1 fully saturated rings. The van der Waals surface area contributed by atoms with Crippen LogP contribution in [-0.4, -0.2) is 66.8 Å². The standard InChI is InChI=1S/C27H33N3O5/c1-30-15-7-6-8-18(30)16-28-26(33)24(13-14-25(31)32)29-27(34)35-17-23-21-11-4-2-9-19(21)20-10-3-5-12-22(20)23/h2-5,9-12,18,23-24H,6-8,13-17H2,1H3,(H,28,33)(H,29,34)(H,31,32). The largest absolute Gasteiger partial charge is 0.481 e. The fourth-order valence-corrected chi connectivity index (χ4v) is 5.06. The Kier molecular flexibility index (Phi) is 8.02. The molecule has 8 nitrogen and oxygen atoms in total. The van der Waals surface area contributed by atoms with Crippen LogP contribution >= 0.6 is 0 Å². The van der Waals surface area contributed by atoms with Crippen molar-refractivity contribution in [3.63, 3.8) is 0 Å². The zero-order chi connectivity index (χ0) is 24.8. The minimum Gasteiger partial charge on any atom is -0.481 e. The van der Waals surface area contributed by atoms with E-state index in [1.807, 2.05) is 43.4 Å². The summed E-state index contributed by atoms with van der Waals surface area (Å²) in [6.45, 7) is 1.58. The molecule has 0 radical (unpaired) electrons. The molecule has 0 spiro atoms. The molecule has 8 heteroatoms. The fraction of sp³-hybridized carbons (Fsp3) is 0.444. The first kappa shape index (κ1) is 24.7. The maximum absolute atomic E-state index is 12.8. The zero-order valence-electron chi connectivity index (χ0n) is 20.0. The van der Waals surface area contributed by atoms with Crippen LogP contribution in [0.15, 0.2) is 48.5 Å². The maximum Gasteiger partial charge on any atom is 0.407 e. The summed E-state index contributed by atoms with van der Waals surface area (Å²) in [5, 5.41) is 14.6. The predicted octanol–water partition coefficient (Wildman–Crippen LogP) is 3.36. The number of hydrogen-bond donors (Lipinski definition) is 3. The number of fused-ring (bicyclic) bond motifs is 3. The summed E-state index contributed by atoms with van der Waals surface area (Å²) in [6, 6.07) is 15.4. The van der Waals surface area contributed by atoms with Gasteiger partial charge in [-0.25, -0.2) is 4.79 Å². The highest BCUT2D eigenvalue weighted by Gasteiger charge is 2.30. The minimum atomic E-state index is -1.02. The average molecular weight is 480 g/mol. The van der Waals surface area contributed by atoms with Gasteiger partial charge in [0, 0.05) is 24.9 Å². The molecular weight excluding hydrogens is 446 g/mol. The second-order valence-electron chi connectivity index (χ2n) is 9.33. The van der Waals surface area contributed by atoms with E-state index in [1.165, 1.54) is 0 Å². The van der Waals surface area contributed by atoms with Gasteiger partial charge in [0.15, 0.2) is 0 Å². The number of carboxylic acids is 1. The zero-order valence-corrected chi connectivity index (χ0v) is 20.0. The van der Waals surface area contributed by atoms with Gasteiger partial charge in [0.2, 0.25) is 5.91 Å². The lowest BCUT2D eigenvalue weighted by Crippen LogP contribution is -2.51. The van der Waals surface area contributed by atoms with Crippen LogP contribution < -0.4 is 10.6 Å². The number of carbonyl (C=O) groups excluding carboxylic acids is 2. The van der Waals surface area contributed by atoms with Gasteiger partial charge in [-0.05, 0) is 55.1 Å². The number of aliphatic carboxylic acids is 1. The first-order chi connectivity index (χ1) is 16.9. The first-order valence-corrected chi connectivity index (χ1v) is 12.2. The Bertz CT molecular complexity index is 1030. The van der Waals surface area contributed by atoms with Crippen LogP contribution in [0.2, 0.25) is 0 Å². The van der Waals surface area contributed by atoms with Gasteiger partial charge in [-0.15, -0.1) is 0 Å². The lowest BCUT2D eigenvalue weighted by atomic mass is 9.98. The number of carboxylic acid groups (broad SMARTS) is 1. The smallest absolute Gasteiger partial charge is 0.407 e. The van der Waals surface area contributed by atoms with Gasteiger partial charge in [0.05, 0.1) is 0 Å². The highest BCUT2D eigenvalue weighted by atomic mass is 16.5. The van der Waals surface area contributed by atoms with Crippen molar-refractivity contribution in [3.8, 4) is 11.1 Å². The highest BCUT2D eigenvalue weighted by Crippen LogP contribution is 2.44. The number of amides is 2. The summed E-state index contributed by atoms with van der Waals surface area (Å²) in [4.78, 5) is 38.8. The Balaban J connectivity index is 1.36. The third-order valence-corrected chi connectivity index (χ3v) is 7.03. The van der Waals surface area contributed by atoms with Crippen molar-refractivity contribution >= 4 is 18.0 Å². The number of nitrogens with one attached hydrogen (secondary N) is 2. The van der Waals surface area contributed by atoms with Crippen LogP contribution in [0.5, 0.6) is 0 Å². The second-order valence-corrected chi connectivity index (χ2v) is 9.33. The molecule has 0 aromatic heterocycles. The molecular formula is C27H33N3O5. The molecule has 4 rings (SSSR count). The number of likely N-dealkylation sites (N-methyl/N-ethyl adjacent to an activating group) is 1. The Morgan fingerprint density at radius 3 is 2.34 bits per heavy atom. The highest BCUT2D eigenvalue weighted by molar-refractivity contribution is 5.86. The van der Waals surface area contributed by atoms with E-state index in [4.69, 9.17) is 9.84 Å². The van der Waals surface area contributed by atoms with E-state index in [9.17, 15) is 14.4 Å². The average Bonchev–Trinajstić information content (AvgIpc) is 3.18. The number of nitrogens with zero attached hydrogens (tertiary/aromatic N) is 1. The van der Waals surface area contributed by atoms with Crippen molar-refractivity contribution in [1.82, 2.24) is 15.5 Å². The van der Waals surface area contributed by atoms with E-state index in [-0.39, 0.29) is 31.4 Å². The van der Waals surface area contributed by atoms with Crippen LogP contribution in [0.4, 0.5) is 4.79 Å². The topological polar surface area (TPSA) is 108 Å². The molecule has 1 saturated heterocycles. The van der Waals surface area contributed by atoms with Gasteiger partial charge in [0.25, 0.3) is 0 Å². The first-order valence-electron chi connectivity index (χ1n) is 12.2. The van der Waals surface area contributed by atoms with Crippen LogP contribution in [0.3, 0.4) is 0 Å². The van der Waals surface area contributed by atoms with Crippen LogP contribution in [-0.2, 0) is 14.3 Å². The maximum atomic E-state index is 12.8. The fourth-order valence-electron chi connectivity index (χ4n) is 5.06. The van der Waals surface area contributed by atoms with Gasteiger partial charge in [0.1, 0.15) is 12.6 Å². The molecule has 2 atom stereocenters. The summed E-state index contributed by atoms with van der Waals surface area (Å²) < 4.78 is 5.55. The third-order valence-electron chi connectivity index (χ3n) is 7.03. The second kappa shape index (κ2) is 11.4. The molecule has 2 amide bonds. The molecule has 2 aromatic rings. The van der Waals surface area contributed by atoms with E-state index >= 15 is 0 Å². The van der Waals surface area contributed by atoms with Crippen molar-refractivity contribution in [2.75, 3.05) is 26.7 Å². The normalized spacial score (nSPS) is 18.3. The summed E-state index contributed by atoms with van der Waals surface area (Å²) >= 11 is 0. The Hall–Kier alpha value is -3.39. The Morgan fingerprint density at radius 1 is 1.06 bits per heavy atom. The van der Waals surface area contributed by atoms with E-state index in [2.05, 4.69) is 27.7 Å². The van der Waals surface area contributed by atoms with Gasteiger partial charge >= 0.3 is 12.1 Å². The Labute approximate surface area is 205 Å². The van der Waals surface area contributed by atoms with E-state index < -0.39 is 24.0 Å². The van der Waals surface area contributed by atoms with Gasteiger partial charge in [-0.1, -0.05) is 55.0 Å². The van der Waals surface area contributed by atoms with Crippen molar-refractivity contribution in [1.29, 1.82) is 0 Å². The number of piperidine rings is 1. The SMILES string of the molecule is CN1CCCCC1CNC(=O)C(CCC(=O)O)NC(=O)OCC1c2ccccc2-c2ccccc21. The molecule has 35 heavy (non-hydrogen) atoms. The van der Waals surface area contributed by atoms with E-state index in [0.717, 1.165) is 48.1 Å². The molecule has 3 N–H and O–H groups in total. The van der Waals surface area contributed by atoms with E-state index in [0.29, 0.717) is 6.54 Å². The summed E-state index contributed by atoms with van der Waals surface area (Å²) in [7, 11) is 2.03. The van der Waals surface area contributed by atoms with Crippen LogP contribution in [0.1, 0.15) is 49.1 Å². The van der Waals surface area contributed by atoms with Gasteiger partial charge in [-0.3, -0.25) is 9.59 Å². The molecule has 2 unspecified atom stereocenters. The van der Waals surface area contributed by atoms with Crippen LogP contribution in [0, 0.1) is 0 Å². The molecule has 1 heterocycles. The molecule has 0 bridgehead atoms. The molecule has 0 saturated carbocycles. The number of ether oxygens (including phenoxy) is 1. The molecule has 1 aliphatic heterocycles. The van der Waals surface area contributed by atoms with Crippen molar-refractivity contribution < 1.29 is 24.2 Å². The number of hydrogen-bond acceptors (Lipinski definition) is 5. The lowest BCUT2D eigenvalue weighted by molar-refractivity contribution is -0.137. The van der Waals surface area contributed by atoms with E-state index in [1.54, 1.807) is 0 Å². The monoisotopic (exact) mass is 479 g/mol. The predicted molar refractivity (Wildman–Crippen MR) is 132 cm³/mol. The molecule has 1 aliphatic carbocycles. The molecule has 186 valence electrons. The number of alkyl carbamates (subject to hydrolysis) is 1. The third kappa shape index (κ3) is 6.00. The quantitative estimate of drug-likeness (QED) is 0.509. The number of likely N-dealkylation sites (tertiary alicyclic amines) is 1. The lowest BCUT2D eigenvalue weighted by Gasteiger charge is -2.32. The molecule has 2 aromatic carbocycles. The van der Waals surface area contributed by atoms with Gasteiger partial charge in [-0.2, -0.15) is 0 Å². The van der Waals surface area contributed by atoms with Crippen molar-refractivity contribution in [3.05, 3.63) is 59.7 Å². The molecule has 2 aliphatic rings. The minimum absolute atomic E-state index is 0.00807. The number of rotatable bonds is 9. The Morgan fingerprint density at radius 2 is 1.71 bits per heavy atom. The van der Waals surface area contributed by atoms with Crippen molar-refractivity contribution in [2.24, 2.45) is 0 Å². The number of benzene rings is 2.